The van der Waals surface area contributed by atoms with Crippen molar-refractivity contribution in [2.75, 3.05) is 63.6 Å². The van der Waals surface area contributed by atoms with Gasteiger partial charge in [-0.2, -0.15) is 0 Å². The first-order valence-electron chi connectivity index (χ1n) is 10.5. The van der Waals surface area contributed by atoms with Gasteiger partial charge in [-0.25, -0.2) is 17.5 Å². The van der Waals surface area contributed by atoms with Gasteiger partial charge >= 0.3 is 0 Å². The Hall–Kier alpha value is -1.91. The predicted molar refractivity (Wildman–Crippen MR) is 117 cm³/mol. The predicted octanol–water partition coefficient (Wildman–Crippen LogP) is 1.01. The number of hydrogen-bond acceptors (Lipinski definition) is 5. The van der Waals surface area contributed by atoms with Crippen LogP contribution in [0, 0.1) is 5.82 Å². The molecular formula is C20H32FN5O3S. The van der Waals surface area contributed by atoms with Crippen LogP contribution < -0.4 is 14.9 Å². The molecule has 168 valence electrons. The van der Waals surface area contributed by atoms with Crippen LogP contribution in [-0.4, -0.2) is 84.1 Å². The number of piperazine rings is 1. The van der Waals surface area contributed by atoms with Crippen LogP contribution in [0.15, 0.2) is 29.3 Å². The average molecular weight is 442 g/mol. The monoisotopic (exact) mass is 441 g/mol. The van der Waals surface area contributed by atoms with E-state index < -0.39 is 10.0 Å². The highest BCUT2D eigenvalue weighted by molar-refractivity contribution is 7.89. The maximum atomic E-state index is 14.0. The van der Waals surface area contributed by atoms with E-state index in [2.05, 4.69) is 19.9 Å². The molecule has 2 heterocycles. The highest BCUT2D eigenvalue weighted by Gasteiger charge is 2.22. The fourth-order valence-electron chi connectivity index (χ4n) is 3.76. The van der Waals surface area contributed by atoms with Gasteiger partial charge in [-0.1, -0.05) is 12.1 Å². The van der Waals surface area contributed by atoms with Crippen molar-refractivity contribution < 1.29 is 17.5 Å². The molecule has 1 aromatic carbocycles. The molecule has 3 rings (SSSR count). The number of guanidine groups is 1. The first-order chi connectivity index (χ1) is 14.5. The van der Waals surface area contributed by atoms with Gasteiger partial charge in [-0.3, -0.25) is 4.99 Å². The number of anilines is 1. The summed E-state index contributed by atoms with van der Waals surface area (Å²) in [5, 5.41) is 3.13. The Morgan fingerprint density at radius 2 is 2.00 bits per heavy atom. The minimum absolute atomic E-state index is 0.0278. The Morgan fingerprint density at radius 1 is 1.23 bits per heavy atom. The van der Waals surface area contributed by atoms with Gasteiger partial charge in [-0.15, -0.1) is 0 Å². The quantitative estimate of drug-likeness (QED) is 0.485. The third-order valence-electron chi connectivity index (χ3n) is 5.44. The van der Waals surface area contributed by atoms with Gasteiger partial charge in [0.2, 0.25) is 10.0 Å². The van der Waals surface area contributed by atoms with Crippen LogP contribution in [0.2, 0.25) is 0 Å². The number of ether oxygens (including phenoxy) is 1. The summed E-state index contributed by atoms with van der Waals surface area (Å²) < 4.78 is 46.7. The number of nitrogens with zero attached hydrogens (tertiary/aromatic N) is 3. The van der Waals surface area contributed by atoms with Gasteiger partial charge in [0, 0.05) is 52.9 Å². The Bertz CT molecular complexity index is 806. The van der Waals surface area contributed by atoms with Crippen molar-refractivity contribution in [1.29, 1.82) is 0 Å². The lowest BCUT2D eigenvalue weighted by Crippen LogP contribution is -2.53. The van der Waals surface area contributed by atoms with Crippen LogP contribution in [0.4, 0.5) is 10.1 Å². The summed E-state index contributed by atoms with van der Waals surface area (Å²) >= 11 is 0. The minimum atomic E-state index is -3.38. The molecule has 8 nitrogen and oxygen atoms in total. The lowest BCUT2D eigenvalue weighted by atomic mass is 10.1. The number of rotatable bonds is 7. The largest absolute Gasteiger partial charge is 0.377 e. The van der Waals surface area contributed by atoms with Gasteiger partial charge in [0.05, 0.1) is 17.5 Å². The van der Waals surface area contributed by atoms with Gasteiger partial charge in [0.1, 0.15) is 5.82 Å². The maximum Gasteiger partial charge on any atom is 0.213 e. The van der Waals surface area contributed by atoms with Crippen molar-refractivity contribution in [3.8, 4) is 0 Å². The summed E-state index contributed by atoms with van der Waals surface area (Å²) in [6, 6.07) is 6.78. The summed E-state index contributed by atoms with van der Waals surface area (Å²) in [4.78, 5) is 8.35. The molecule has 0 bridgehead atoms. The van der Waals surface area contributed by atoms with Crippen LogP contribution in [0.1, 0.15) is 19.3 Å². The number of hydrogen-bond donors (Lipinski definition) is 2. The summed E-state index contributed by atoms with van der Waals surface area (Å²) in [5.41, 5.74) is 0.610. The third-order valence-corrected chi connectivity index (χ3v) is 6.79. The molecule has 2 N–H and O–H groups in total. The Morgan fingerprint density at radius 3 is 2.67 bits per heavy atom. The second-order valence-electron chi connectivity index (χ2n) is 7.56. The van der Waals surface area contributed by atoms with E-state index in [4.69, 9.17) is 4.74 Å². The van der Waals surface area contributed by atoms with Crippen molar-refractivity contribution in [3.63, 3.8) is 0 Å². The topological polar surface area (TPSA) is 86.3 Å². The molecule has 0 saturated carbocycles. The summed E-state index contributed by atoms with van der Waals surface area (Å²) in [6.45, 7) is 3.99. The molecular weight excluding hydrogens is 409 g/mol. The molecule has 0 radical (unpaired) electrons. The van der Waals surface area contributed by atoms with Gasteiger partial charge in [-0.05, 0) is 31.4 Å². The number of sulfonamides is 1. The first-order valence-corrected chi connectivity index (χ1v) is 12.2. The molecule has 10 heteroatoms. The molecule has 0 aliphatic carbocycles. The fraction of sp³-hybridized carbons (Fsp3) is 0.650. The van der Waals surface area contributed by atoms with Crippen molar-refractivity contribution in [1.82, 2.24) is 14.9 Å². The Kier molecular flexibility index (Phi) is 8.29. The molecule has 2 aliphatic rings. The molecule has 2 saturated heterocycles. The molecule has 2 fully saturated rings. The van der Waals surface area contributed by atoms with E-state index in [0.717, 1.165) is 19.3 Å². The van der Waals surface area contributed by atoms with Crippen LogP contribution in [0.25, 0.3) is 0 Å². The Labute approximate surface area is 178 Å². The van der Waals surface area contributed by atoms with Crippen LogP contribution in [0.3, 0.4) is 0 Å². The molecule has 30 heavy (non-hydrogen) atoms. The molecule has 1 aromatic rings. The second-order valence-corrected chi connectivity index (χ2v) is 9.48. The number of halogens is 1. The van der Waals surface area contributed by atoms with Gasteiger partial charge in [0.25, 0.3) is 0 Å². The number of benzene rings is 1. The summed E-state index contributed by atoms with van der Waals surface area (Å²) in [7, 11) is -1.70. The normalized spacial score (nSPS) is 21.0. The van der Waals surface area contributed by atoms with Crippen LogP contribution in [-0.2, 0) is 14.8 Å². The van der Waals surface area contributed by atoms with Crippen LogP contribution >= 0.6 is 0 Å². The maximum absolute atomic E-state index is 14.0. The SMILES string of the molecule is CN=C(NCCS(=O)(=O)NCC1CCCCO1)N1CCN(c2ccccc2F)CC1. The average Bonchev–Trinajstić information content (AvgIpc) is 2.77. The molecule has 2 aliphatic heterocycles. The highest BCUT2D eigenvalue weighted by Crippen LogP contribution is 2.20. The molecule has 0 amide bonds. The highest BCUT2D eigenvalue weighted by atomic mass is 32.2. The molecule has 1 atom stereocenters. The second kappa shape index (κ2) is 10.9. The molecule has 1 unspecified atom stereocenters. The van der Waals surface area contributed by atoms with Crippen molar-refractivity contribution in [2.45, 2.75) is 25.4 Å². The van der Waals surface area contributed by atoms with E-state index in [-0.39, 0.29) is 24.2 Å². The zero-order valence-corrected chi connectivity index (χ0v) is 18.3. The van der Waals surface area contributed by atoms with Gasteiger partial charge in [0.15, 0.2) is 5.96 Å². The third kappa shape index (κ3) is 6.55. The number of aliphatic imine (C=N–C) groups is 1. The van der Waals surface area contributed by atoms with E-state index in [1.807, 2.05) is 11.0 Å². The van der Waals surface area contributed by atoms with E-state index in [1.54, 1.807) is 19.2 Å². The summed E-state index contributed by atoms with van der Waals surface area (Å²) in [5.74, 6) is 0.410. The smallest absolute Gasteiger partial charge is 0.213 e. The first kappa shape index (κ1) is 22.8. The van der Waals surface area contributed by atoms with E-state index in [1.165, 1.54) is 6.07 Å². The zero-order valence-electron chi connectivity index (χ0n) is 17.5. The van der Waals surface area contributed by atoms with E-state index >= 15 is 0 Å². The van der Waals surface area contributed by atoms with Crippen molar-refractivity contribution in [3.05, 3.63) is 30.1 Å². The molecule has 0 aromatic heterocycles. The van der Waals surface area contributed by atoms with Gasteiger partial charge < -0.3 is 19.9 Å². The lowest BCUT2D eigenvalue weighted by molar-refractivity contribution is 0.0200. The standard InChI is InChI=1S/C20H32FN5O3S/c1-22-20(23-9-15-30(27,28)24-16-17-6-4-5-14-29-17)26-12-10-25(11-13-26)19-8-3-2-7-18(19)21/h2-3,7-8,17,24H,4-6,9-16H2,1H3,(H,22,23). The molecule has 0 spiro atoms. The number of para-hydroxylation sites is 1. The van der Waals surface area contributed by atoms with E-state index in [9.17, 15) is 12.8 Å². The lowest BCUT2D eigenvalue weighted by Gasteiger charge is -2.37. The van der Waals surface area contributed by atoms with Crippen molar-refractivity contribution >= 4 is 21.7 Å². The number of nitrogens with one attached hydrogen (secondary N) is 2. The summed E-state index contributed by atoms with van der Waals surface area (Å²) in [6.07, 6.45) is 2.99. The Balaban J connectivity index is 1.41. The zero-order chi connectivity index (χ0) is 21.4. The van der Waals surface area contributed by atoms with E-state index in [0.29, 0.717) is 51.0 Å². The fourth-order valence-corrected chi connectivity index (χ4v) is 4.71. The minimum Gasteiger partial charge on any atom is -0.377 e. The van der Waals surface area contributed by atoms with Crippen molar-refractivity contribution in [2.24, 2.45) is 4.99 Å². The van der Waals surface area contributed by atoms with Crippen LogP contribution in [0.5, 0.6) is 0 Å².